The summed E-state index contributed by atoms with van der Waals surface area (Å²) >= 11 is 0. The normalized spacial score (nSPS) is 12.6. The van der Waals surface area contributed by atoms with E-state index in [4.69, 9.17) is 14.2 Å². The molecule has 0 N–H and O–H groups in total. The number of ketones is 1. The maximum Gasteiger partial charge on any atom is 0.129 e. The number of benzene rings is 6. The first-order chi connectivity index (χ1) is 24.1. The lowest BCUT2D eigenvalue weighted by Gasteiger charge is -2.35. The second kappa shape index (κ2) is 14.3. The third kappa shape index (κ3) is 6.16. The van der Waals surface area contributed by atoms with Crippen molar-refractivity contribution in [2.24, 2.45) is 0 Å². The molecular formula is C45H40O4. The first kappa shape index (κ1) is 32.1. The molecule has 7 rings (SSSR count). The molecule has 6 aromatic rings. The monoisotopic (exact) mass is 644 g/mol. The molecule has 0 bridgehead atoms. The van der Waals surface area contributed by atoms with Crippen LogP contribution in [0.3, 0.4) is 0 Å². The van der Waals surface area contributed by atoms with Crippen LogP contribution < -0.4 is 9.47 Å². The number of carbonyl (C=O) groups is 1. The van der Waals surface area contributed by atoms with E-state index >= 15 is 0 Å². The molecular weight excluding hydrogens is 604 g/mol. The quantitative estimate of drug-likeness (QED) is 0.117. The van der Waals surface area contributed by atoms with Gasteiger partial charge in [-0.25, -0.2) is 0 Å². The summed E-state index contributed by atoms with van der Waals surface area (Å²) in [5.74, 6) is 1.80. The second-order valence-corrected chi connectivity index (χ2v) is 12.5. The van der Waals surface area contributed by atoms with Crippen molar-refractivity contribution in [3.05, 3.63) is 168 Å². The molecule has 0 heterocycles. The maximum atomic E-state index is 11.6. The molecule has 0 saturated heterocycles. The Kier molecular flexibility index (Phi) is 9.40. The van der Waals surface area contributed by atoms with Crippen LogP contribution in [0.15, 0.2) is 146 Å². The van der Waals surface area contributed by atoms with Crippen LogP contribution in [0.2, 0.25) is 0 Å². The molecule has 49 heavy (non-hydrogen) atoms. The van der Waals surface area contributed by atoms with E-state index in [1.165, 1.54) is 22.3 Å². The molecule has 6 aromatic carbocycles. The minimum atomic E-state index is -0.627. The van der Waals surface area contributed by atoms with Gasteiger partial charge in [-0.05, 0) is 82.1 Å². The summed E-state index contributed by atoms with van der Waals surface area (Å²) in [6.07, 6.45) is 1.18. The standard InChI is InChI=1S/C45H40O4/c1-32(46)14-13-27-48-43-25-23-35(30-39(43)33-15-5-3-6-16-33)45(41-21-11-9-19-37(41)38-20-10-12-22-42(38)45)36-24-26-44(49-29-28-47-2)40(31-36)34-17-7-4-8-18-34/h3-12,15-26,30-31H,13-14,27-29H2,1-2H3. The molecule has 4 heteroatoms. The van der Waals surface area contributed by atoms with Gasteiger partial charge in [0.15, 0.2) is 0 Å². The van der Waals surface area contributed by atoms with Crippen LogP contribution in [0.25, 0.3) is 33.4 Å². The fraction of sp³-hybridized carbons (Fsp3) is 0.178. The molecule has 0 aromatic heterocycles. The molecule has 0 saturated carbocycles. The van der Waals surface area contributed by atoms with Gasteiger partial charge in [-0.2, -0.15) is 0 Å². The number of hydrogen-bond acceptors (Lipinski definition) is 4. The average Bonchev–Trinajstić information content (AvgIpc) is 3.45. The number of carbonyl (C=O) groups excluding carboxylic acids is 1. The molecule has 0 radical (unpaired) electrons. The van der Waals surface area contributed by atoms with Crippen molar-refractivity contribution in [1.82, 2.24) is 0 Å². The molecule has 0 spiro atoms. The largest absolute Gasteiger partial charge is 0.493 e. The van der Waals surface area contributed by atoms with E-state index in [1.54, 1.807) is 14.0 Å². The topological polar surface area (TPSA) is 44.8 Å². The molecule has 4 nitrogen and oxygen atoms in total. The maximum absolute atomic E-state index is 11.6. The van der Waals surface area contributed by atoms with Crippen molar-refractivity contribution in [3.8, 4) is 44.9 Å². The third-order valence-corrected chi connectivity index (χ3v) is 9.42. The van der Waals surface area contributed by atoms with Gasteiger partial charge in [-0.3, -0.25) is 0 Å². The van der Waals surface area contributed by atoms with Crippen LogP contribution in [-0.2, 0) is 14.9 Å². The van der Waals surface area contributed by atoms with Gasteiger partial charge in [0.1, 0.15) is 23.9 Å². The molecule has 244 valence electrons. The van der Waals surface area contributed by atoms with E-state index < -0.39 is 5.41 Å². The highest BCUT2D eigenvalue weighted by molar-refractivity contribution is 5.88. The number of rotatable bonds is 13. The van der Waals surface area contributed by atoms with Gasteiger partial charge >= 0.3 is 0 Å². The number of fused-ring (bicyclic) bond motifs is 3. The number of Topliss-reactive ketones (excluding diaryl/α,β-unsaturated/α-hetero) is 1. The third-order valence-electron chi connectivity index (χ3n) is 9.42. The van der Waals surface area contributed by atoms with E-state index in [9.17, 15) is 4.79 Å². The fourth-order valence-corrected chi connectivity index (χ4v) is 7.23. The number of ether oxygens (including phenoxy) is 3. The highest BCUT2D eigenvalue weighted by Gasteiger charge is 2.46. The van der Waals surface area contributed by atoms with Crippen LogP contribution in [0, 0.1) is 0 Å². The van der Waals surface area contributed by atoms with Gasteiger partial charge in [0.25, 0.3) is 0 Å². The van der Waals surface area contributed by atoms with Crippen molar-refractivity contribution < 1.29 is 19.0 Å². The van der Waals surface area contributed by atoms with Gasteiger partial charge in [-0.1, -0.05) is 121 Å². The van der Waals surface area contributed by atoms with Crippen molar-refractivity contribution >= 4 is 5.78 Å². The summed E-state index contributed by atoms with van der Waals surface area (Å²) in [5.41, 5.74) is 10.8. The summed E-state index contributed by atoms with van der Waals surface area (Å²) in [7, 11) is 1.69. The van der Waals surface area contributed by atoms with Gasteiger partial charge in [-0.15, -0.1) is 0 Å². The molecule has 1 aliphatic carbocycles. The van der Waals surface area contributed by atoms with Crippen molar-refractivity contribution in [2.75, 3.05) is 26.9 Å². The summed E-state index contributed by atoms with van der Waals surface area (Å²) in [6.45, 7) is 3.07. The predicted octanol–water partition coefficient (Wildman–Crippen LogP) is 10.2. The molecule has 0 fully saturated rings. The Morgan fingerprint density at radius 1 is 0.531 bits per heavy atom. The zero-order chi connectivity index (χ0) is 33.6. The average molecular weight is 645 g/mol. The Hall–Kier alpha value is -5.45. The van der Waals surface area contributed by atoms with Crippen molar-refractivity contribution in [2.45, 2.75) is 25.2 Å². The Bertz CT molecular complexity index is 2020. The Morgan fingerprint density at radius 3 is 1.49 bits per heavy atom. The summed E-state index contributed by atoms with van der Waals surface area (Å²) in [4.78, 5) is 11.6. The SMILES string of the molecule is COCCOc1ccc(C2(c3ccc(OCCCC(C)=O)c(-c4ccccc4)c3)c3ccccc3-c3ccccc32)cc1-c1ccccc1. The number of methoxy groups -OCH3 is 1. The van der Waals surface area contributed by atoms with Gasteiger partial charge in [0.2, 0.25) is 0 Å². The smallest absolute Gasteiger partial charge is 0.129 e. The minimum Gasteiger partial charge on any atom is -0.493 e. The molecule has 0 aliphatic heterocycles. The summed E-state index contributed by atoms with van der Waals surface area (Å²) in [5, 5.41) is 0. The predicted molar refractivity (Wildman–Crippen MR) is 197 cm³/mol. The molecule has 0 unspecified atom stereocenters. The Balaban J connectivity index is 1.48. The zero-order valence-corrected chi connectivity index (χ0v) is 28.0. The van der Waals surface area contributed by atoms with Gasteiger partial charge < -0.3 is 19.0 Å². The van der Waals surface area contributed by atoms with Crippen LogP contribution >= 0.6 is 0 Å². The lowest BCUT2D eigenvalue weighted by Crippen LogP contribution is -2.29. The highest BCUT2D eigenvalue weighted by Crippen LogP contribution is 2.57. The van der Waals surface area contributed by atoms with E-state index in [0.29, 0.717) is 32.7 Å². The lowest BCUT2D eigenvalue weighted by molar-refractivity contribution is -0.117. The van der Waals surface area contributed by atoms with Gasteiger partial charge in [0, 0.05) is 24.7 Å². The van der Waals surface area contributed by atoms with Crippen LogP contribution in [-0.4, -0.2) is 32.7 Å². The van der Waals surface area contributed by atoms with E-state index in [2.05, 4.69) is 133 Å². The molecule has 0 amide bonds. The van der Waals surface area contributed by atoms with Crippen LogP contribution in [0.5, 0.6) is 11.5 Å². The van der Waals surface area contributed by atoms with Crippen molar-refractivity contribution in [1.29, 1.82) is 0 Å². The Morgan fingerprint density at radius 2 is 1.00 bits per heavy atom. The van der Waals surface area contributed by atoms with Crippen molar-refractivity contribution in [3.63, 3.8) is 0 Å². The zero-order valence-electron chi connectivity index (χ0n) is 28.0. The summed E-state index contributed by atoms with van der Waals surface area (Å²) in [6, 6.07) is 51.7. The van der Waals surface area contributed by atoms with Gasteiger partial charge in [0.05, 0.1) is 18.6 Å². The molecule has 1 aliphatic rings. The Labute approximate surface area is 288 Å². The fourth-order valence-electron chi connectivity index (χ4n) is 7.23. The van der Waals surface area contributed by atoms with Crippen LogP contribution in [0.4, 0.5) is 0 Å². The summed E-state index contributed by atoms with van der Waals surface area (Å²) < 4.78 is 18.0. The second-order valence-electron chi connectivity index (χ2n) is 12.5. The minimum absolute atomic E-state index is 0.174. The lowest BCUT2D eigenvalue weighted by atomic mass is 9.67. The van der Waals surface area contributed by atoms with Crippen LogP contribution in [0.1, 0.15) is 42.0 Å². The first-order valence-corrected chi connectivity index (χ1v) is 16.9. The molecule has 0 atom stereocenters. The van der Waals surface area contributed by atoms with E-state index in [0.717, 1.165) is 44.9 Å². The van der Waals surface area contributed by atoms with E-state index in [-0.39, 0.29) is 5.78 Å². The first-order valence-electron chi connectivity index (χ1n) is 16.9. The number of hydrogen-bond donors (Lipinski definition) is 0. The van der Waals surface area contributed by atoms with E-state index in [1.807, 2.05) is 12.1 Å². The highest BCUT2D eigenvalue weighted by atomic mass is 16.5.